The molecule has 0 fully saturated rings. The van der Waals surface area contributed by atoms with Crippen molar-refractivity contribution in [2.75, 3.05) is 5.75 Å². The van der Waals surface area contributed by atoms with E-state index in [4.69, 9.17) is 5.14 Å². The molecule has 2 N–H and O–H groups in total. The van der Waals surface area contributed by atoms with Crippen LogP contribution in [-0.4, -0.2) is 25.7 Å². The normalized spacial score (nSPS) is 12.9. The number of ketones is 2. The number of allylic oxidation sites excluding steroid dienone is 4. The molecule has 282 valence electrons. The first-order valence-electron chi connectivity index (χ1n) is 20.3. The summed E-state index contributed by atoms with van der Waals surface area (Å²) < 4.78 is 24.8. The molecule has 48 heavy (non-hydrogen) atoms. The quantitative estimate of drug-likeness (QED) is 0.0412. The molecule has 0 aromatic carbocycles. The first kappa shape index (κ1) is 46.7. The molecular formula is C42H79NO4S. The second-order valence-corrected chi connectivity index (χ2v) is 17.1. The van der Waals surface area contributed by atoms with Crippen molar-refractivity contribution in [3.05, 3.63) is 24.3 Å². The van der Waals surface area contributed by atoms with E-state index in [2.05, 4.69) is 38.2 Å². The Bertz CT molecular complexity index is 909. The molecule has 0 unspecified atom stereocenters. The Balaban J connectivity index is 4.55. The first-order chi connectivity index (χ1) is 22.9. The number of Topliss-reactive ketones (excluding diaryl/α,β-unsaturated/α-hetero) is 2. The largest absolute Gasteiger partial charge is 0.299 e. The minimum absolute atomic E-state index is 0.225. The molecule has 0 saturated heterocycles. The Labute approximate surface area is 299 Å². The number of primary sulfonamides is 1. The Morgan fingerprint density at radius 1 is 0.479 bits per heavy atom. The van der Waals surface area contributed by atoms with Crippen LogP contribution in [0, 0.1) is 10.8 Å². The number of rotatable bonds is 34. The van der Waals surface area contributed by atoms with Crippen LogP contribution in [0.25, 0.3) is 0 Å². The van der Waals surface area contributed by atoms with Crippen molar-refractivity contribution in [1.29, 1.82) is 0 Å². The highest BCUT2D eigenvalue weighted by Gasteiger charge is 2.54. The molecule has 0 spiro atoms. The summed E-state index contributed by atoms with van der Waals surface area (Å²) in [6.07, 6.45) is 40.0. The Kier molecular flexibility index (Phi) is 28.7. The number of hydrogen-bond acceptors (Lipinski definition) is 4. The van der Waals surface area contributed by atoms with Crippen molar-refractivity contribution in [3.63, 3.8) is 0 Å². The second-order valence-electron chi connectivity index (χ2n) is 15.5. The van der Waals surface area contributed by atoms with Crippen LogP contribution in [0.2, 0.25) is 0 Å². The third-order valence-electron chi connectivity index (χ3n) is 9.98. The molecule has 0 amide bonds. The van der Waals surface area contributed by atoms with E-state index < -0.39 is 26.6 Å². The lowest BCUT2D eigenvalue weighted by molar-refractivity contribution is -0.146. The van der Waals surface area contributed by atoms with Gasteiger partial charge in [0.15, 0.2) is 0 Å². The zero-order chi connectivity index (χ0) is 36.0. The van der Waals surface area contributed by atoms with Gasteiger partial charge >= 0.3 is 0 Å². The summed E-state index contributed by atoms with van der Waals surface area (Å²) in [6.45, 7) is 9.94. The van der Waals surface area contributed by atoms with Crippen LogP contribution in [0.3, 0.4) is 0 Å². The molecule has 0 atom stereocenters. The average molecular weight is 694 g/mol. The van der Waals surface area contributed by atoms with E-state index in [1.54, 1.807) is 0 Å². The minimum Gasteiger partial charge on any atom is -0.299 e. The molecule has 0 rings (SSSR count). The summed E-state index contributed by atoms with van der Waals surface area (Å²) in [5, 5.41) is 5.52. The van der Waals surface area contributed by atoms with Crippen molar-refractivity contribution < 1.29 is 18.0 Å². The number of sulfonamides is 1. The van der Waals surface area contributed by atoms with Crippen LogP contribution in [-0.2, 0) is 19.6 Å². The average Bonchev–Trinajstić information content (AvgIpc) is 3.02. The first-order valence-corrected chi connectivity index (χ1v) is 22.0. The fourth-order valence-corrected chi connectivity index (χ4v) is 8.17. The van der Waals surface area contributed by atoms with Gasteiger partial charge in [-0.15, -0.1) is 0 Å². The lowest BCUT2D eigenvalue weighted by Gasteiger charge is -2.41. The van der Waals surface area contributed by atoms with Gasteiger partial charge in [0.05, 0.1) is 5.75 Å². The van der Waals surface area contributed by atoms with E-state index in [0.717, 1.165) is 64.2 Å². The summed E-state index contributed by atoms with van der Waals surface area (Å²) in [5.74, 6) is -1.10. The summed E-state index contributed by atoms with van der Waals surface area (Å²) >= 11 is 0. The highest BCUT2D eigenvalue weighted by atomic mass is 32.2. The van der Waals surface area contributed by atoms with Gasteiger partial charge in [0.1, 0.15) is 17.0 Å². The fraction of sp³-hybridized carbons (Fsp3) is 0.857. The zero-order valence-corrected chi connectivity index (χ0v) is 33.3. The van der Waals surface area contributed by atoms with Crippen LogP contribution in [0.5, 0.6) is 0 Å². The Morgan fingerprint density at radius 2 is 0.750 bits per heavy atom. The predicted molar refractivity (Wildman–Crippen MR) is 209 cm³/mol. The number of unbranched alkanes of at least 4 members (excludes halogenated alkanes) is 22. The fourth-order valence-electron chi connectivity index (χ4n) is 6.81. The lowest BCUT2D eigenvalue weighted by atomic mass is 9.61. The SMILES string of the molecule is CCCCCCCC/C=C\CCCCCCCC(=O)C(CS(N)(=O)=O)(C(=O)CCCCCCC/C=C\CCCCCCCC)C(C)(C)C. The van der Waals surface area contributed by atoms with Gasteiger partial charge in [0.2, 0.25) is 10.0 Å². The van der Waals surface area contributed by atoms with Gasteiger partial charge in [0.25, 0.3) is 0 Å². The highest BCUT2D eigenvalue weighted by molar-refractivity contribution is 7.89. The van der Waals surface area contributed by atoms with E-state index in [-0.39, 0.29) is 24.4 Å². The maximum Gasteiger partial charge on any atom is 0.210 e. The van der Waals surface area contributed by atoms with Crippen molar-refractivity contribution >= 4 is 21.6 Å². The van der Waals surface area contributed by atoms with Crippen molar-refractivity contribution in [3.8, 4) is 0 Å². The topological polar surface area (TPSA) is 94.3 Å². The van der Waals surface area contributed by atoms with E-state index >= 15 is 0 Å². The molecule has 6 heteroatoms. The maximum atomic E-state index is 13.8. The van der Waals surface area contributed by atoms with E-state index in [9.17, 15) is 18.0 Å². The van der Waals surface area contributed by atoms with Gasteiger partial charge in [-0.3, -0.25) is 9.59 Å². The van der Waals surface area contributed by atoms with Crippen LogP contribution in [0.15, 0.2) is 24.3 Å². The van der Waals surface area contributed by atoms with Gasteiger partial charge in [-0.1, -0.05) is 162 Å². The molecule has 0 aromatic rings. The number of carbonyl (C=O) groups is 2. The lowest BCUT2D eigenvalue weighted by Crippen LogP contribution is -2.54. The standard InChI is InChI=1S/C42H79NO4S/c1-6-8-10-12-14-16-18-20-22-24-26-28-30-32-34-36-39(44)42(41(3,4)5,38-48(43,46)47)40(45)37-35-33-31-29-27-25-23-21-19-17-15-13-11-9-7-2/h20-23H,6-19,24-38H2,1-5H3,(H2,43,46,47)/b22-20-,23-21-. The van der Waals surface area contributed by atoms with Gasteiger partial charge in [-0.25, -0.2) is 13.6 Å². The van der Waals surface area contributed by atoms with Gasteiger partial charge in [-0.05, 0) is 69.6 Å². The molecule has 0 bridgehead atoms. The molecule has 0 saturated carbocycles. The number of carbonyl (C=O) groups excluding carboxylic acids is 2. The smallest absolute Gasteiger partial charge is 0.210 e. The predicted octanol–water partition coefficient (Wildman–Crippen LogP) is 12.5. The van der Waals surface area contributed by atoms with E-state index in [1.807, 2.05) is 20.8 Å². The second kappa shape index (κ2) is 29.5. The van der Waals surface area contributed by atoms with Crippen molar-refractivity contribution in [2.45, 2.75) is 214 Å². The van der Waals surface area contributed by atoms with Crippen LogP contribution in [0.1, 0.15) is 214 Å². The van der Waals surface area contributed by atoms with Crippen LogP contribution < -0.4 is 5.14 Å². The van der Waals surface area contributed by atoms with E-state index in [1.165, 1.54) is 89.9 Å². The third-order valence-corrected chi connectivity index (χ3v) is 10.8. The number of hydrogen-bond donors (Lipinski definition) is 1. The third kappa shape index (κ3) is 24.0. The summed E-state index contributed by atoms with van der Waals surface area (Å²) in [6, 6.07) is 0. The molecule has 0 aliphatic carbocycles. The van der Waals surface area contributed by atoms with Gasteiger partial charge in [0, 0.05) is 12.8 Å². The monoisotopic (exact) mass is 694 g/mol. The van der Waals surface area contributed by atoms with Gasteiger partial charge in [-0.2, -0.15) is 0 Å². The van der Waals surface area contributed by atoms with Crippen molar-refractivity contribution in [2.24, 2.45) is 16.0 Å². The molecular weight excluding hydrogens is 615 g/mol. The summed E-state index contributed by atoms with van der Waals surface area (Å²) in [5.41, 5.74) is -2.43. The molecule has 0 aromatic heterocycles. The number of nitrogens with two attached hydrogens (primary N) is 1. The minimum atomic E-state index is -4.03. The molecule has 0 heterocycles. The molecule has 0 aliphatic rings. The molecule has 0 aliphatic heterocycles. The van der Waals surface area contributed by atoms with Crippen LogP contribution in [0.4, 0.5) is 0 Å². The van der Waals surface area contributed by atoms with Crippen LogP contribution >= 0.6 is 0 Å². The summed E-state index contributed by atoms with van der Waals surface area (Å²) in [7, 11) is -4.03. The zero-order valence-electron chi connectivity index (χ0n) is 32.4. The Hall–Kier alpha value is -1.27. The van der Waals surface area contributed by atoms with Crippen molar-refractivity contribution in [1.82, 2.24) is 0 Å². The molecule has 5 nitrogen and oxygen atoms in total. The maximum absolute atomic E-state index is 13.8. The molecule has 0 radical (unpaired) electrons. The summed E-state index contributed by atoms with van der Waals surface area (Å²) in [4.78, 5) is 27.5. The van der Waals surface area contributed by atoms with Gasteiger partial charge < -0.3 is 0 Å². The van der Waals surface area contributed by atoms with E-state index in [0.29, 0.717) is 12.8 Å². The highest BCUT2D eigenvalue weighted by Crippen LogP contribution is 2.44. The Morgan fingerprint density at radius 3 is 1.02 bits per heavy atom.